The van der Waals surface area contributed by atoms with Gasteiger partial charge in [-0.1, -0.05) is 34.1 Å². The number of halogens is 1. The zero-order valence-corrected chi connectivity index (χ0v) is 12.5. The number of para-hydroxylation sites is 1. The highest BCUT2D eigenvalue weighted by molar-refractivity contribution is 9.10. The molecule has 0 spiro atoms. The van der Waals surface area contributed by atoms with Crippen molar-refractivity contribution in [1.82, 2.24) is 14.8 Å². The molecule has 4 aromatic rings. The fraction of sp³-hybridized carbons (Fsp3) is 0. The lowest BCUT2D eigenvalue weighted by Crippen LogP contribution is -2.13. The third kappa shape index (κ3) is 1.89. The fourth-order valence-electron chi connectivity index (χ4n) is 2.49. The lowest BCUT2D eigenvalue weighted by molar-refractivity contribution is 0.864. The average molecular weight is 340 g/mol. The minimum Gasteiger partial charge on any atom is -0.290 e. The first-order chi connectivity index (χ1) is 10.2. The summed E-state index contributed by atoms with van der Waals surface area (Å²) >= 11 is 3.44. The summed E-state index contributed by atoms with van der Waals surface area (Å²) in [4.78, 5) is 16.9. The summed E-state index contributed by atoms with van der Waals surface area (Å²) < 4.78 is 2.51. The minimum absolute atomic E-state index is 0.0893. The Morgan fingerprint density at radius 2 is 1.86 bits per heavy atom. The van der Waals surface area contributed by atoms with E-state index in [1.807, 2.05) is 48.5 Å². The van der Waals surface area contributed by atoms with Crippen molar-refractivity contribution in [2.24, 2.45) is 0 Å². The zero-order chi connectivity index (χ0) is 14.4. The highest BCUT2D eigenvalue weighted by Crippen LogP contribution is 2.23. The predicted octanol–water partition coefficient (Wildman–Crippen LogP) is 3.63. The first-order valence-corrected chi connectivity index (χ1v) is 7.28. The Morgan fingerprint density at radius 1 is 1.05 bits per heavy atom. The molecule has 4 nitrogen and oxygen atoms in total. The third-order valence-electron chi connectivity index (χ3n) is 3.50. The van der Waals surface area contributed by atoms with Crippen molar-refractivity contribution in [3.05, 3.63) is 69.6 Å². The van der Waals surface area contributed by atoms with Crippen LogP contribution in [-0.4, -0.2) is 14.8 Å². The summed E-state index contributed by atoms with van der Waals surface area (Å²) in [6.45, 7) is 0. The highest BCUT2D eigenvalue weighted by atomic mass is 79.9. The molecule has 21 heavy (non-hydrogen) atoms. The Bertz CT molecular complexity index is 1020. The molecule has 0 fully saturated rings. The average Bonchev–Trinajstić information content (AvgIpc) is 2.85. The van der Waals surface area contributed by atoms with Crippen LogP contribution in [0.5, 0.6) is 0 Å². The van der Waals surface area contributed by atoms with Gasteiger partial charge in [-0.05, 0) is 30.3 Å². The van der Waals surface area contributed by atoms with Gasteiger partial charge >= 0.3 is 0 Å². The van der Waals surface area contributed by atoms with Crippen molar-refractivity contribution >= 4 is 37.7 Å². The van der Waals surface area contributed by atoms with Gasteiger partial charge < -0.3 is 0 Å². The predicted molar refractivity (Wildman–Crippen MR) is 86.9 cm³/mol. The van der Waals surface area contributed by atoms with Gasteiger partial charge in [-0.25, -0.2) is 4.68 Å². The molecule has 0 bridgehead atoms. The van der Waals surface area contributed by atoms with Crippen LogP contribution in [-0.2, 0) is 0 Å². The summed E-state index contributed by atoms with van der Waals surface area (Å²) in [7, 11) is 0. The van der Waals surface area contributed by atoms with E-state index in [0.29, 0.717) is 5.39 Å². The second kappa shape index (κ2) is 4.56. The first-order valence-electron chi connectivity index (χ1n) is 6.48. The summed E-state index contributed by atoms with van der Waals surface area (Å²) in [5.41, 5.74) is 2.37. The van der Waals surface area contributed by atoms with Gasteiger partial charge in [0.1, 0.15) is 0 Å². The normalized spacial score (nSPS) is 11.3. The Morgan fingerprint density at radius 3 is 2.67 bits per heavy atom. The second-order valence-electron chi connectivity index (χ2n) is 4.80. The van der Waals surface area contributed by atoms with E-state index in [4.69, 9.17) is 0 Å². The topological polar surface area (TPSA) is 50.7 Å². The number of H-pyrrole nitrogens is 1. The van der Waals surface area contributed by atoms with Gasteiger partial charge in [0, 0.05) is 16.1 Å². The highest BCUT2D eigenvalue weighted by Gasteiger charge is 2.11. The zero-order valence-electron chi connectivity index (χ0n) is 10.9. The maximum Gasteiger partial charge on any atom is 0.280 e. The van der Waals surface area contributed by atoms with Crippen LogP contribution >= 0.6 is 15.9 Å². The molecule has 2 aromatic carbocycles. The van der Waals surface area contributed by atoms with Crippen molar-refractivity contribution in [3.8, 4) is 5.69 Å². The van der Waals surface area contributed by atoms with Crippen molar-refractivity contribution < 1.29 is 0 Å². The molecule has 0 unspecified atom stereocenters. The molecule has 2 aromatic heterocycles. The summed E-state index contributed by atoms with van der Waals surface area (Å²) in [5, 5.41) is 4.72. The molecule has 0 radical (unpaired) electrons. The van der Waals surface area contributed by atoms with Crippen molar-refractivity contribution in [2.45, 2.75) is 0 Å². The van der Waals surface area contributed by atoms with Crippen LogP contribution in [0, 0.1) is 0 Å². The quantitative estimate of drug-likeness (QED) is 0.575. The molecule has 0 saturated heterocycles. The van der Waals surface area contributed by atoms with Crippen LogP contribution in [0.1, 0.15) is 0 Å². The number of nitrogens with zero attached hydrogens (tertiary/aromatic N) is 2. The van der Waals surface area contributed by atoms with E-state index in [-0.39, 0.29) is 5.56 Å². The largest absolute Gasteiger partial charge is 0.290 e. The molecule has 2 heterocycles. The van der Waals surface area contributed by atoms with E-state index in [1.54, 1.807) is 10.9 Å². The number of fused-ring (bicyclic) bond motifs is 3. The van der Waals surface area contributed by atoms with Crippen LogP contribution < -0.4 is 5.56 Å². The molecule has 1 N–H and O–H groups in total. The van der Waals surface area contributed by atoms with Gasteiger partial charge in [0.25, 0.3) is 5.56 Å². The first kappa shape index (κ1) is 12.3. The van der Waals surface area contributed by atoms with E-state index in [0.717, 1.165) is 26.6 Å². The molecule has 0 aliphatic rings. The van der Waals surface area contributed by atoms with Gasteiger partial charge in [-0.3, -0.25) is 14.9 Å². The van der Waals surface area contributed by atoms with E-state index >= 15 is 0 Å². The Kier molecular flexibility index (Phi) is 2.68. The van der Waals surface area contributed by atoms with Crippen molar-refractivity contribution in [1.29, 1.82) is 0 Å². The number of nitrogens with one attached hydrogen (secondary N) is 1. The lowest BCUT2D eigenvalue weighted by atomic mass is 10.2. The van der Waals surface area contributed by atoms with Gasteiger partial charge in [0.05, 0.1) is 22.1 Å². The molecule has 0 aliphatic heterocycles. The number of aromatic nitrogens is 3. The number of hydrogen-bond acceptors (Lipinski definition) is 2. The summed E-state index contributed by atoms with van der Waals surface area (Å²) in [6, 6.07) is 15.4. The van der Waals surface area contributed by atoms with Crippen LogP contribution in [0.2, 0.25) is 0 Å². The molecule has 4 rings (SSSR count). The standard InChI is InChI=1S/C16H10BrN3O/c17-10-6-7-12-14(8-10)18-9-13-15(12)19-20(16(13)21)11-4-2-1-3-5-11/h1-9,19H. The van der Waals surface area contributed by atoms with Gasteiger partial charge in [-0.2, -0.15) is 0 Å². The molecular weight excluding hydrogens is 330 g/mol. The fourth-order valence-corrected chi connectivity index (χ4v) is 2.84. The van der Waals surface area contributed by atoms with Crippen LogP contribution in [0.3, 0.4) is 0 Å². The van der Waals surface area contributed by atoms with Gasteiger partial charge in [0.2, 0.25) is 0 Å². The molecule has 0 amide bonds. The smallest absolute Gasteiger partial charge is 0.280 e. The number of pyridine rings is 1. The lowest BCUT2D eigenvalue weighted by Gasteiger charge is -2.00. The Hall–Kier alpha value is -2.40. The second-order valence-corrected chi connectivity index (χ2v) is 5.71. The molecule has 5 heteroatoms. The van der Waals surface area contributed by atoms with Crippen LogP contribution in [0.15, 0.2) is 64.0 Å². The number of aromatic amines is 1. The third-order valence-corrected chi connectivity index (χ3v) is 4.00. The van der Waals surface area contributed by atoms with Crippen molar-refractivity contribution in [3.63, 3.8) is 0 Å². The van der Waals surface area contributed by atoms with Crippen LogP contribution in [0.25, 0.3) is 27.5 Å². The Labute approximate surface area is 128 Å². The number of benzene rings is 2. The van der Waals surface area contributed by atoms with E-state index < -0.39 is 0 Å². The van der Waals surface area contributed by atoms with Crippen LogP contribution in [0.4, 0.5) is 0 Å². The monoisotopic (exact) mass is 339 g/mol. The van der Waals surface area contributed by atoms with Gasteiger partial charge in [-0.15, -0.1) is 0 Å². The van der Waals surface area contributed by atoms with Gasteiger partial charge in [0.15, 0.2) is 0 Å². The Balaban J connectivity index is 2.11. The molecular formula is C16H10BrN3O. The molecule has 0 saturated carbocycles. The number of hydrogen-bond donors (Lipinski definition) is 1. The molecule has 102 valence electrons. The summed E-state index contributed by atoms with van der Waals surface area (Å²) in [6.07, 6.45) is 1.63. The van der Waals surface area contributed by atoms with E-state index in [9.17, 15) is 4.79 Å². The minimum atomic E-state index is -0.0893. The van der Waals surface area contributed by atoms with E-state index in [1.165, 1.54) is 0 Å². The molecule has 0 atom stereocenters. The number of rotatable bonds is 1. The maximum absolute atomic E-state index is 12.5. The summed E-state index contributed by atoms with van der Waals surface area (Å²) in [5.74, 6) is 0. The molecule has 0 aliphatic carbocycles. The maximum atomic E-state index is 12.5. The SMILES string of the molecule is O=c1c2cnc3cc(Br)ccc3c2[nH]n1-c1ccccc1. The van der Waals surface area contributed by atoms with E-state index in [2.05, 4.69) is 26.0 Å². The van der Waals surface area contributed by atoms with Crippen molar-refractivity contribution in [2.75, 3.05) is 0 Å².